The van der Waals surface area contributed by atoms with Crippen molar-refractivity contribution in [1.29, 1.82) is 0 Å². The fourth-order valence-corrected chi connectivity index (χ4v) is 1.16. The SMILES string of the molecule is CC(C=O)(C(=O)O)c1ccc(Cl)cc1. The molecule has 0 radical (unpaired) electrons. The zero-order chi connectivity index (χ0) is 10.8. The number of aliphatic carboxylic acids is 1. The van der Waals surface area contributed by atoms with E-state index in [2.05, 4.69) is 0 Å². The van der Waals surface area contributed by atoms with Crippen LogP contribution < -0.4 is 0 Å². The molecule has 1 aromatic carbocycles. The third kappa shape index (κ3) is 1.77. The number of hydrogen-bond acceptors (Lipinski definition) is 2. The average molecular weight is 213 g/mol. The van der Waals surface area contributed by atoms with Crippen molar-refractivity contribution in [1.82, 2.24) is 0 Å². The molecule has 1 rings (SSSR count). The van der Waals surface area contributed by atoms with Crippen LogP contribution in [0.25, 0.3) is 0 Å². The van der Waals surface area contributed by atoms with Crippen LogP contribution in [0.2, 0.25) is 5.02 Å². The Morgan fingerprint density at radius 2 is 1.93 bits per heavy atom. The van der Waals surface area contributed by atoms with E-state index >= 15 is 0 Å². The quantitative estimate of drug-likeness (QED) is 0.615. The van der Waals surface area contributed by atoms with E-state index in [0.717, 1.165) is 0 Å². The summed E-state index contributed by atoms with van der Waals surface area (Å²) >= 11 is 5.65. The van der Waals surface area contributed by atoms with Crippen LogP contribution in [0.4, 0.5) is 0 Å². The van der Waals surface area contributed by atoms with Gasteiger partial charge in [-0.05, 0) is 24.6 Å². The maximum Gasteiger partial charge on any atom is 0.321 e. The van der Waals surface area contributed by atoms with Gasteiger partial charge in [-0.3, -0.25) is 4.79 Å². The molecule has 0 bridgehead atoms. The molecule has 14 heavy (non-hydrogen) atoms. The Balaban J connectivity index is 3.19. The fraction of sp³-hybridized carbons (Fsp3) is 0.200. The Morgan fingerprint density at radius 1 is 1.43 bits per heavy atom. The molecule has 3 nitrogen and oxygen atoms in total. The normalized spacial score (nSPS) is 14.4. The van der Waals surface area contributed by atoms with Gasteiger partial charge in [-0.2, -0.15) is 0 Å². The summed E-state index contributed by atoms with van der Waals surface area (Å²) in [6.07, 6.45) is 0.415. The second kappa shape index (κ2) is 3.80. The van der Waals surface area contributed by atoms with Crippen molar-refractivity contribution in [2.45, 2.75) is 12.3 Å². The minimum absolute atomic E-state index is 0.415. The molecule has 74 valence electrons. The van der Waals surface area contributed by atoms with Crippen LogP contribution in [0, 0.1) is 0 Å². The standard InChI is InChI=1S/C10H9ClO3/c1-10(6-12,9(13)14)7-2-4-8(11)5-3-7/h2-6H,1H3,(H,13,14). The average Bonchev–Trinajstić information content (AvgIpc) is 2.17. The number of halogens is 1. The summed E-state index contributed by atoms with van der Waals surface area (Å²) in [7, 11) is 0. The second-order valence-corrected chi connectivity index (χ2v) is 3.57. The van der Waals surface area contributed by atoms with Gasteiger partial charge in [0.25, 0.3) is 0 Å². The maximum absolute atomic E-state index is 10.9. The highest BCUT2D eigenvalue weighted by molar-refractivity contribution is 6.30. The first-order valence-electron chi connectivity index (χ1n) is 3.96. The highest BCUT2D eigenvalue weighted by Gasteiger charge is 2.34. The van der Waals surface area contributed by atoms with Crippen molar-refractivity contribution in [2.75, 3.05) is 0 Å². The smallest absolute Gasteiger partial charge is 0.321 e. The van der Waals surface area contributed by atoms with Gasteiger partial charge < -0.3 is 9.90 Å². The summed E-state index contributed by atoms with van der Waals surface area (Å²) in [5.41, 5.74) is -1.07. The van der Waals surface area contributed by atoms with Crippen molar-refractivity contribution in [3.05, 3.63) is 34.9 Å². The summed E-state index contributed by atoms with van der Waals surface area (Å²) in [5, 5.41) is 9.40. The lowest BCUT2D eigenvalue weighted by molar-refractivity contribution is -0.145. The Morgan fingerprint density at radius 3 is 2.29 bits per heavy atom. The zero-order valence-corrected chi connectivity index (χ0v) is 8.28. The molecule has 0 spiro atoms. The third-order valence-electron chi connectivity index (χ3n) is 2.12. The second-order valence-electron chi connectivity index (χ2n) is 3.13. The molecule has 0 amide bonds. The summed E-state index contributed by atoms with van der Waals surface area (Å²) in [6, 6.07) is 6.18. The van der Waals surface area contributed by atoms with E-state index in [1.54, 1.807) is 12.1 Å². The predicted octanol–water partition coefficient (Wildman–Crippen LogP) is 1.88. The largest absolute Gasteiger partial charge is 0.480 e. The Hall–Kier alpha value is -1.35. The van der Waals surface area contributed by atoms with Gasteiger partial charge in [0.15, 0.2) is 0 Å². The lowest BCUT2D eigenvalue weighted by atomic mass is 9.84. The van der Waals surface area contributed by atoms with Crippen LogP contribution in [0.15, 0.2) is 24.3 Å². The topological polar surface area (TPSA) is 54.4 Å². The van der Waals surface area contributed by atoms with E-state index in [0.29, 0.717) is 16.9 Å². The van der Waals surface area contributed by atoms with Crippen molar-refractivity contribution in [3.63, 3.8) is 0 Å². The van der Waals surface area contributed by atoms with Crippen LogP contribution in [0.5, 0.6) is 0 Å². The molecule has 0 fully saturated rings. The predicted molar refractivity (Wildman–Crippen MR) is 52.5 cm³/mol. The van der Waals surface area contributed by atoms with E-state index in [4.69, 9.17) is 16.7 Å². The number of carboxylic acids is 1. The van der Waals surface area contributed by atoms with Crippen molar-refractivity contribution < 1.29 is 14.7 Å². The highest BCUT2D eigenvalue weighted by Crippen LogP contribution is 2.23. The number of carboxylic acid groups (broad SMARTS) is 1. The molecule has 0 aliphatic heterocycles. The van der Waals surface area contributed by atoms with Crippen LogP contribution in [-0.2, 0) is 15.0 Å². The first-order valence-corrected chi connectivity index (χ1v) is 4.34. The molecule has 1 atom stereocenters. The minimum Gasteiger partial charge on any atom is -0.480 e. The number of hydrogen-bond donors (Lipinski definition) is 1. The molecular weight excluding hydrogens is 204 g/mol. The number of benzene rings is 1. The van der Waals surface area contributed by atoms with E-state index in [1.807, 2.05) is 0 Å². The van der Waals surface area contributed by atoms with Crippen molar-refractivity contribution in [3.8, 4) is 0 Å². The molecule has 0 saturated carbocycles. The summed E-state index contributed by atoms with van der Waals surface area (Å²) < 4.78 is 0. The van der Waals surface area contributed by atoms with E-state index in [9.17, 15) is 9.59 Å². The molecule has 0 saturated heterocycles. The lowest BCUT2D eigenvalue weighted by Crippen LogP contribution is -2.33. The monoisotopic (exact) mass is 212 g/mol. The molecule has 1 aromatic rings. The van der Waals surface area contributed by atoms with Crippen LogP contribution in [0.1, 0.15) is 12.5 Å². The molecule has 0 aliphatic rings. The molecule has 4 heteroatoms. The molecule has 0 aliphatic carbocycles. The first-order chi connectivity index (χ1) is 6.50. The number of aldehydes is 1. The molecule has 1 unspecified atom stereocenters. The van der Waals surface area contributed by atoms with E-state index < -0.39 is 11.4 Å². The molecule has 0 aromatic heterocycles. The molecule has 0 heterocycles. The van der Waals surface area contributed by atoms with Gasteiger partial charge in [0.2, 0.25) is 0 Å². The lowest BCUT2D eigenvalue weighted by Gasteiger charge is -2.17. The maximum atomic E-state index is 10.9. The Labute approximate surface area is 86.3 Å². The van der Waals surface area contributed by atoms with Crippen LogP contribution >= 0.6 is 11.6 Å². The molecular formula is C10H9ClO3. The number of carbonyl (C=O) groups is 2. The van der Waals surface area contributed by atoms with E-state index in [1.165, 1.54) is 19.1 Å². The Bertz CT molecular complexity index is 358. The van der Waals surface area contributed by atoms with Crippen molar-refractivity contribution >= 4 is 23.9 Å². The summed E-state index contributed by atoms with van der Waals surface area (Å²) in [5.74, 6) is -1.17. The fourth-order valence-electron chi connectivity index (χ4n) is 1.04. The summed E-state index contributed by atoms with van der Waals surface area (Å²) in [4.78, 5) is 21.6. The Kier molecular flexibility index (Phi) is 2.91. The highest BCUT2D eigenvalue weighted by atomic mass is 35.5. The number of carbonyl (C=O) groups excluding carboxylic acids is 1. The molecule has 1 N–H and O–H groups in total. The van der Waals surface area contributed by atoms with Gasteiger partial charge >= 0.3 is 5.97 Å². The van der Waals surface area contributed by atoms with Gasteiger partial charge in [-0.25, -0.2) is 0 Å². The summed E-state index contributed by atoms with van der Waals surface area (Å²) in [6.45, 7) is 1.35. The van der Waals surface area contributed by atoms with E-state index in [-0.39, 0.29) is 0 Å². The first kappa shape index (κ1) is 10.7. The number of rotatable bonds is 3. The minimum atomic E-state index is -1.50. The van der Waals surface area contributed by atoms with Gasteiger partial charge in [0.1, 0.15) is 11.7 Å². The third-order valence-corrected chi connectivity index (χ3v) is 2.38. The van der Waals surface area contributed by atoms with Crippen LogP contribution in [-0.4, -0.2) is 17.4 Å². The van der Waals surface area contributed by atoms with Gasteiger partial charge in [0.05, 0.1) is 0 Å². The van der Waals surface area contributed by atoms with Crippen LogP contribution in [0.3, 0.4) is 0 Å². The zero-order valence-electron chi connectivity index (χ0n) is 7.53. The van der Waals surface area contributed by atoms with Crippen molar-refractivity contribution in [2.24, 2.45) is 0 Å². The van der Waals surface area contributed by atoms with Gasteiger partial charge in [-0.15, -0.1) is 0 Å². The van der Waals surface area contributed by atoms with Gasteiger partial charge in [0, 0.05) is 5.02 Å². The van der Waals surface area contributed by atoms with Gasteiger partial charge in [-0.1, -0.05) is 23.7 Å².